The zero-order valence-corrected chi connectivity index (χ0v) is 11.8. The molecule has 1 aromatic rings. The van der Waals surface area contributed by atoms with Crippen molar-refractivity contribution < 1.29 is 14.7 Å². The first-order valence-electron chi connectivity index (χ1n) is 6.15. The highest BCUT2D eigenvalue weighted by Crippen LogP contribution is 2.12. The molecule has 1 atom stereocenters. The number of carbonyl (C=O) groups is 2. The Morgan fingerprint density at radius 3 is 2.58 bits per heavy atom. The largest absolute Gasteiger partial charge is 0.480 e. The monoisotopic (exact) mass is 283 g/mol. The number of carboxylic acid groups (broad SMARTS) is 1. The topological polar surface area (TPSA) is 66.4 Å². The van der Waals surface area contributed by atoms with Gasteiger partial charge in [-0.15, -0.1) is 0 Å². The first-order chi connectivity index (χ1) is 8.88. The minimum absolute atomic E-state index is 0.195. The first kappa shape index (κ1) is 15.5. The van der Waals surface area contributed by atoms with Gasteiger partial charge in [-0.3, -0.25) is 4.79 Å². The van der Waals surface area contributed by atoms with Crippen molar-refractivity contribution in [2.24, 2.45) is 5.92 Å². The molecule has 4 nitrogen and oxygen atoms in total. The molecule has 0 radical (unpaired) electrons. The molecule has 1 rings (SSSR count). The Balaban J connectivity index is 2.68. The van der Waals surface area contributed by atoms with Gasteiger partial charge in [-0.05, 0) is 23.6 Å². The van der Waals surface area contributed by atoms with Crippen molar-refractivity contribution in [3.63, 3.8) is 0 Å². The Labute approximate surface area is 117 Å². The van der Waals surface area contributed by atoms with Crippen molar-refractivity contribution in [2.75, 3.05) is 0 Å². The summed E-state index contributed by atoms with van der Waals surface area (Å²) in [6, 6.07) is 6.04. The van der Waals surface area contributed by atoms with Crippen molar-refractivity contribution >= 4 is 23.5 Å². The Hall–Kier alpha value is -1.55. The average Bonchev–Trinajstić information content (AvgIpc) is 2.26. The number of rotatable bonds is 6. The maximum Gasteiger partial charge on any atom is 0.326 e. The van der Waals surface area contributed by atoms with Crippen LogP contribution in [-0.4, -0.2) is 23.0 Å². The third-order valence-corrected chi connectivity index (χ3v) is 2.79. The zero-order chi connectivity index (χ0) is 14.4. The summed E-state index contributed by atoms with van der Waals surface area (Å²) in [4.78, 5) is 22.8. The van der Waals surface area contributed by atoms with Gasteiger partial charge < -0.3 is 10.4 Å². The molecule has 1 aromatic carbocycles. The van der Waals surface area contributed by atoms with Crippen molar-refractivity contribution in [3.8, 4) is 0 Å². The van der Waals surface area contributed by atoms with E-state index in [0.29, 0.717) is 11.4 Å². The molecule has 19 heavy (non-hydrogen) atoms. The third-order valence-electron chi connectivity index (χ3n) is 2.56. The van der Waals surface area contributed by atoms with Crippen molar-refractivity contribution in [3.05, 3.63) is 34.9 Å². The number of hydrogen-bond donors (Lipinski definition) is 2. The molecule has 0 aliphatic rings. The van der Waals surface area contributed by atoms with Crippen LogP contribution in [0.15, 0.2) is 24.3 Å². The molecule has 0 aliphatic carbocycles. The number of aliphatic carboxylic acids is 1. The standard InChI is InChI=1S/C14H18ClNO3/c1-9(2)6-13(17)16-12(14(18)19)8-10-4-3-5-11(15)7-10/h3-5,7,9,12H,6,8H2,1-2H3,(H,16,17)(H,18,19)/t12-/m0/s1. The molecule has 104 valence electrons. The van der Waals surface area contributed by atoms with Gasteiger partial charge >= 0.3 is 5.97 Å². The summed E-state index contributed by atoms with van der Waals surface area (Å²) >= 11 is 5.85. The minimum atomic E-state index is -1.04. The van der Waals surface area contributed by atoms with Gasteiger partial charge in [0.2, 0.25) is 5.91 Å². The highest BCUT2D eigenvalue weighted by molar-refractivity contribution is 6.30. The second-order valence-corrected chi connectivity index (χ2v) is 5.33. The summed E-state index contributed by atoms with van der Waals surface area (Å²) in [6.07, 6.45) is 0.541. The van der Waals surface area contributed by atoms with Crippen LogP contribution < -0.4 is 5.32 Å². The van der Waals surface area contributed by atoms with E-state index in [-0.39, 0.29) is 18.2 Å². The maximum atomic E-state index is 11.6. The highest BCUT2D eigenvalue weighted by Gasteiger charge is 2.20. The van der Waals surface area contributed by atoms with Crippen molar-refractivity contribution in [1.29, 1.82) is 0 Å². The smallest absolute Gasteiger partial charge is 0.326 e. The van der Waals surface area contributed by atoms with E-state index in [1.54, 1.807) is 24.3 Å². The predicted octanol–water partition coefficient (Wildman–Crippen LogP) is 2.50. The van der Waals surface area contributed by atoms with Gasteiger partial charge in [-0.2, -0.15) is 0 Å². The van der Waals surface area contributed by atoms with E-state index in [0.717, 1.165) is 5.56 Å². The van der Waals surface area contributed by atoms with Crippen LogP contribution in [0.1, 0.15) is 25.8 Å². The van der Waals surface area contributed by atoms with E-state index in [1.807, 2.05) is 13.8 Å². The minimum Gasteiger partial charge on any atom is -0.480 e. The summed E-state index contributed by atoms with van der Waals surface area (Å²) in [7, 11) is 0. The second kappa shape index (κ2) is 7.14. The molecule has 0 fully saturated rings. The first-order valence-corrected chi connectivity index (χ1v) is 6.53. The number of hydrogen-bond acceptors (Lipinski definition) is 2. The number of halogens is 1. The summed E-state index contributed by atoms with van der Waals surface area (Å²) in [6.45, 7) is 3.82. The average molecular weight is 284 g/mol. The van der Waals surface area contributed by atoms with Gasteiger partial charge in [0.1, 0.15) is 6.04 Å². The fraction of sp³-hybridized carbons (Fsp3) is 0.429. The van der Waals surface area contributed by atoms with Crippen LogP contribution in [0.5, 0.6) is 0 Å². The van der Waals surface area contributed by atoms with Gasteiger partial charge in [-0.25, -0.2) is 4.79 Å². The number of benzene rings is 1. The normalized spacial score (nSPS) is 12.2. The number of carbonyl (C=O) groups excluding carboxylic acids is 1. The molecule has 0 bridgehead atoms. The van der Waals surface area contributed by atoms with E-state index in [1.165, 1.54) is 0 Å². The Morgan fingerprint density at radius 1 is 1.37 bits per heavy atom. The van der Waals surface area contributed by atoms with E-state index in [9.17, 15) is 9.59 Å². The van der Waals surface area contributed by atoms with Gasteiger partial charge in [0.05, 0.1) is 0 Å². The third kappa shape index (κ3) is 5.75. The number of nitrogens with one attached hydrogen (secondary N) is 1. The van der Waals surface area contributed by atoms with Gasteiger partial charge in [0.15, 0.2) is 0 Å². The summed E-state index contributed by atoms with van der Waals surface area (Å²) in [5.41, 5.74) is 0.782. The Kier molecular flexibility index (Phi) is 5.83. The summed E-state index contributed by atoms with van der Waals surface area (Å²) < 4.78 is 0. The quantitative estimate of drug-likeness (QED) is 0.843. The highest BCUT2D eigenvalue weighted by atomic mass is 35.5. The molecule has 5 heteroatoms. The van der Waals surface area contributed by atoms with Crippen LogP contribution in [0.2, 0.25) is 5.02 Å². The molecule has 0 saturated heterocycles. The molecule has 2 N–H and O–H groups in total. The summed E-state index contributed by atoms with van der Waals surface area (Å²) in [5, 5.41) is 12.2. The zero-order valence-electron chi connectivity index (χ0n) is 11.0. The molecule has 0 heterocycles. The van der Waals surface area contributed by atoms with Gasteiger partial charge in [0.25, 0.3) is 0 Å². The van der Waals surface area contributed by atoms with Crippen molar-refractivity contribution in [1.82, 2.24) is 5.32 Å². The lowest BCUT2D eigenvalue weighted by Gasteiger charge is -2.15. The van der Waals surface area contributed by atoms with Gasteiger partial charge in [-0.1, -0.05) is 37.6 Å². The van der Waals surface area contributed by atoms with Crippen LogP contribution in [0.25, 0.3) is 0 Å². The molecule has 0 spiro atoms. The lowest BCUT2D eigenvalue weighted by Crippen LogP contribution is -2.42. The van der Waals surface area contributed by atoms with E-state index >= 15 is 0 Å². The van der Waals surface area contributed by atoms with Gasteiger partial charge in [0, 0.05) is 17.9 Å². The Bertz CT molecular complexity index is 460. The summed E-state index contributed by atoms with van der Waals surface area (Å²) in [5.74, 6) is -1.10. The van der Waals surface area contributed by atoms with Crippen LogP contribution in [0.3, 0.4) is 0 Å². The van der Waals surface area contributed by atoms with Crippen LogP contribution in [0, 0.1) is 5.92 Å². The van der Waals surface area contributed by atoms with Crippen LogP contribution >= 0.6 is 11.6 Å². The second-order valence-electron chi connectivity index (χ2n) is 4.89. The van der Waals surface area contributed by atoms with Crippen molar-refractivity contribution in [2.45, 2.75) is 32.7 Å². The molecule has 0 saturated carbocycles. The van der Waals surface area contributed by atoms with E-state index in [2.05, 4.69) is 5.32 Å². The fourth-order valence-corrected chi connectivity index (χ4v) is 1.94. The lowest BCUT2D eigenvalue weighted by molar-refractivity contribution is -0.141. The molecular formula is C14H18ClNO3. The molecule has 0 aromatic heterocycles. The number of amides is 1. The fourth-order valence-electron chi connectivity index (χ4n) is 1.72. The lowest BCUT2D eigenvalue weighted by atomic mass is 10.0. The molecule has 0 unspecified atom stereocenters. The van der Waals surface area contributed by atoms with Crippen LogP contribution in [-0.2, 0) is 16.0 Å². The molecule has 1 amide bonds. The van der Waals surface area contributed by atoms with E-state index in [4.69, 9.17) is 16.7 Å². The molecule has 0 aliphatic heterocycles. The van der Waals surface area contributed by atoms with E-state index < -0.39 is 12.0 Å². The number of carboxylic acids is 1. The SMILES string of the molecule is CC(C)CC(=O)N[C@@H](Cc1cccc(Cl)c1)C(=O)O. The Morgan fingerprint density at radius 2 is 2.05 bits per heavy atom. The predicted molar refractivity (Wildman–Crippen MR) is 74.2 cm³/mol. The maximum absolute atomic E-state index is 11.6. The molecular weight excluding hydrogens is 266 g/mol. The van der Waals surface area contributed by atoms with Crippen LogP contribution in [0.4, 0.5) is 0 Å².